The van der Waals surface area contributed by atoms with E-state index in [9.17, 15) is 0 Å². The highest BCUT2D eigenvalue weighted by atomic mass is 16.5. The first-order valence-corrected chi connectivity index (χ1v) is 5.77. The molecule has 0 fully saturated rings. The summed E-state index contributed by atoms with van der Waals surface area (Å²) in [6.45, 7) is 0.285. The molecule has 1 aliphatic carbocycles. The lowest BCUT2D eigenvalue weighted by Crippen LogP contribution is -2.04. The maximum absolute atomic E-state index is 8.93. The topological polar surface area (TPSA) is 29.5 Å². The summed E-state index contributed by atoms with van der Waals surface area (Å²) in [6.07, 6.45) is 4.83. The van der Waals surface area contributed by atoms with Gasteiger partial charge in [-0.05, 0) is 23.4 Å². The van der Waals surface area contributed by atoms with Gasteiger partial charge in [0.25, 0.3) is 0 Å². The fourth-order valence-electron chi connectivity index (χ4n) is 2.25. The van der Waals surface area contributed by atoms with Crippen molar-refractivity contribution in [2.45, 2.75) is 6.42 Å². The van der Waals surface area contributed by atoms with E-state index in [1.807, 2.05) is 36.4 Å². The molecule has 2 aromatic rings. The summed E-state index contributed by atoms with van der Waals surface area (Å²) in [7, 11) is 0. The van der Waals surface area contributed by atoms with Crippen LogP contribution in [0.2, 0.25) is 0 Å². The lowest BCUT2D eigenvalue weighted by Gasteiger charge is -2.13. The second-order valence-electron chi connectivity index (χ2n) is 4.07. The van der Waals surface area contributed by atoms with Crippen LogP contribution in [0, 0.1) is 0 Å². The summed E-state index contributed by atoms with van der Waals surface area (Å²) in [5.41, 5.74) is 2.01. The molecule has 0 atom stereocenters. The first kappa shape index (κ1) is 9.25. The van der Waals surface area contributed by atoms with Gasteiger partial charge >= 0.3 is 0 Å². The summed E-state index contributed by atoms with van der Waals surface area (Å²) in [6, 6.07) is 8.35. The van der Waals surface area contributed by atoms with Crippen LogP contribution in [0.4, 0.5) is 0 Å². The smallest absolute Gasteiger partial charge is 0.131 e. The van der Waals surface area contributed by atoms with Crippen molar-refractivity contribution < 1.29 is 11.2 Å². The Morgan fingerprint density at radius 3 is 3.12 bits per heavy atom. The van der Waals surface area contributed by atoms with E-state index in [4.69, 9.17) is 11.2 Å². The predicted octanol–water partition coefficient (Wildman–Crippen LogP) is 2.78. The van der Waals surface area contributed by atoms with Gasteiger partial charge in [0, 0.05) is 10.9 Å². The van der Waals surface area contributed by atoms with Crippen molar-refractivity contribution in [2.75, 3.05) is 13.2 Å². The highest BCUT2D eigenvalue weighted by Crippen LogP contribution is 2.36. The molecule has 17 heavy (non-hydrogen) atoms. The monoisotopic (exact) mass is 227 g/mol. The van der Waals surface area contributed by atoms with E-state index in [2.05, 4.69) is 0 Å². The standard InChI is InChI=1S/C15H14O2/c16-8-9-17-15-13-6-2-1-4-11(13)10-12-5-3-7-14(12)15/h1-6,10,16H,7-9H2/i10D. The zero-order valence-corrected chi connectivity index (χ0v) is 9.44. The van der Waals surface area contributed by atoms with Crippen molar-refractivity contribution >= 4 is 16.8 Å². The Labute approximate surface area is 102 Å². The number of aliphatic hydroxyl groups excluding tert-OH is 1. The predicted molar refractivity (Wildman–Crippen MR) is 69.3 cm³/mol. The molecule has 2 heteroatoms. The average molecular weight is 227 g/mol. The van der Waals surface area contributed by atoms with Gasteiger partial charge in [0.05, 0.1) is 7.98 Å². The molecule has 0 spiro atoms. The number of fused-ring (bicyclic) bond motifs is 2. The minimum absolute atomic E-state index is 0.000838. The second-order valence-corrected chi connectivity index (χ2v) is 4.07. The molecule has 0 aromatic heterocycles. The van der Waals surface area contributed by atoms with E-state index in [-0.39, 0.29) is 13.2 Å². The van der Waals surface area contributed by atoms with Gasteiger partial charge in [-0.1, -0.05) is 36.4 Å². The normalized spacial score (nSPS) is 13.8. The fourth-order valence-corrected chi connectivity index (χ4v) is 2.25. The zero-order chi connectivity index (χ0) is 12.5. The number of hydrogen-bond acceptors (Lipinski definition) is 2. The molecule has 2 nitrogen and oxygen atoms in total. The van der Waals surface area contributed by atoms with E-state index < -0.39 is 0 Å². The first-order chi connectivity index (χ1) is 8.83. The van der Waals surface area contributed by atoms with Gasteiger partial charge < -0.3 is 9.84 Å². The Morgan fingerprint density at radius 2 is 2.24 bits per heavy atom. The van der Waals surface area contributed by atoms with Crippen LogP contribution in [-0.4, -0.2) is 18.3 Å². The van der Waals surface area contributed by atoms with Crippen molar-refractivity contribution in [3.8, 4) is 5.75 Å². The number of aliphatic hydroxyl groups is 1. The van der Waals surface area contributed by atoms with E-state index in [1.54, 1.807) is 0 Å². The second kappa shape index (κ2) is 4.22. The Morgan fingerprint density at radius 1 is 1.35 bits per heavy atom. The molecule has 0 bridgehead atoms. The quantitative estimate of drug-likeness (QED) is 0.873. The third kappa shape index (κ3) is 1.71. The van der Waals surface area contributed by atoms with E-state index in [0.717, 1.165) is 34.1 Å². The minimum Gasteiger partial charge on any atom is -0.490 e. The zero-order valence-electron chi connectivity index (χ0n) is 10.4. The molecule has 86 valence electrons. The van der Waals surface area contributed by atoms with Crippen LogP contribution >= 0.6 is 0 Å². The number of benzene rings is 2. The third-order valence-electron chi connectivity index (χ3n) is 2.98. The van der Waals surface area contributed by atoms with Crippen molar-refractivity contribution in [3.05, 3.63) is 47.5 Å². The lowest BCUT2D eigenvalue weighted by atomic mass is 10.0. The Balaban J connectivity index is 2.29. The highest BCUT2D eigenvalue weighted by molar-refractivity contribution is 5.93. The van der Waals surface area contributed by atoms with Crippen LogP contribution in [-0.2, 0) is 6.42 Å². The SMILES string of the molecule is [2H]c1c2c(c(OCCO)c3ccccc13)CC=C2. The highest BCUT2D eigenvalue weighted by Gasteiger charge is 2.15. The van der Waals surface area contributed by atoms with Gasteiger partial charge in [-0.25, -0.2) is 0 Å². The molecule has 0 radical (unpaired) electrons. The Kier molecular flexibility index (Phi) is 2.30. The number of ether oxygens (including phenoxy) is 1. The minimum atomic E-state index is -0.000838. The van der Waals surface area contributed by atoms with Gasteiger partial charge in [-0.2, -0.15) is 0 Å². The van der Waals surface area contributed by atoms with Gasteiger partial charge in [0.1, 0.15) is 12.4 Å². The average Bonchev–Trinajstić information content (AvgIpc) is 2.88. The Hall–Kier alpha value is -1.80. The summed E-state index contributed by atoms with van der Waals surface area (Å²) in [4.78, 5) is 0. The van der Waals surface area contributed by atoms with Crippen LogP contribution in [0.25, 0.3) is 16.8 Å². The molecule has 0 saturated carbocycles. The van der Waals surface area contributed by atoms with E-state index >= 15 is 0 Å². The van der Waals surface area contributed by atoms with Crippen LogP contribution in [0.15, 0.2) is 36.4 Å². The van der Waals surface area contributed by atoms with Crippen molar-refractivity contribution in [3.63, 3.8) is 0 Å². The number of rotatable bonds is 3. The molecule has 0 aliphatic heterocycles. The van der Waals surface area contributed by atoms with Gasteiger partial charge in [-0.3, -0.25) is 0 Å². The van der Waals surface area contributed by atoms with Crippen LogP contribution < -0.4 is 4.74 Å². The fraction of sp³-hybridized carbons (Fsp3) is 0.200. The molecule has 0 heterocycles. The summed E-state index contributed by atoms with van der Waals surface area (Å²) >= 11 is 0. The molecule has 3 rings (SSSR count). The maximum Gasteiger partial charge on any atom is 0.131 e. The number of allylic oxidation sites excluding steroid dienone is 1. The van der Waals surface area contributed by atoms with Crippen molar-refractivity contribution in [1.82, 2.24) is 0 Å². The molecule has 0 amide bonds. The molecule has 1 N–H and O–H groups in total. The molecular weight excluding hydrogens is 212 g/mol. The van der Waals surface area contributed by atoms with Gasteiger partial charge in [0.2, 0.25) is 0 Å². The summed E-state index contributed by atoms with van der Waals surface area (Å²) < 4.78 is 13.9. The van der Waals surface area contributed by atoms with E-state index in [1.165, 1.54) is 0 Å². The van der Waals surface area contributed by atoms with Crippen LogP contribution in [0.3, 0.4) is 0 Å². The third-order valence-corrected chi connectivity index (χ3v) is 2.98. The summed E-state index contributed by atoms with van der Waals surface area (Å²) in [5, 5.41) is 10.8. The summed E-state index contributed by atoms with van der Waals surface area (Å²) in [5.74, 6) is 0.815. The maximum atomic E-state index is 8.93. The first-order valence-electron chi connectivity index (χ1n) is 6.27. The molecule has 0 unspecified atom stereocenters. The molecular formula is C15H14O2. The lowest BCUT2D eigenvalue weighted by molar-refractivity contribution is 0.202. The Bertz CT molecular complexity index is 632. The van der Waals surface area contributed by atoms with Crippen molar-refractivity contribution in [1.29, 1.82) is 0 Å². The van der Waals surface area contributed by atoms with Crippen molar-refractivity contribution in [2.24, 2.45) is 0 Å². The largest absolute Gasteiger partial charge is 0.490 e. The number of hydrogen-bond donors (Lipinski definition) is 1. The molecule has 1 aliphatic rings. The van der Waals surface area contributed by atoms with Gasteiger partial charge in [0.15, 0.2) is 0 Å². The van der Waals surface area contributed by atoms with Crippen LogP contribution in [0.5, 0.6) is 5.75 Å². The molecule has 0 saturated heterocycles. The van der Waals surface area contributed by atoms with Gasteiger partial charge in [-0.15, -0.1) is 0 Å². The van der Waals surface area contributed by atoms with E-state index in [0.29, 0.717) is 6.04 Å². The molecule has 2 aromatic carbocycles. The van der Waals surface area contributed by atoms with Crippen LogP contribution in [0.1, 0.15) is 12.5 Å².